The highest BCUT2D eigenvalue weighted by Gasteiger charge is 2.50. The van der Waals surface area contributed by atoms with E-state index in [9.17, 15) is 9.59 Å². The van der Waals surface area contributed by atoms with Gasteiger partial charge >= 0.3 is 0 Å². The van der Waals surface area contributed by atoms with Crippen LogP contribution in [-0.2, 0) is 15.0 Å². The quantitative estimate of drug-likeness (QED) is 0.594. The van der Waals surface area contributed by atoms with Gasteiger partial charge < -0.3 is 5.73 Å². The van der Waals surface area contributed by atoms with Crippen LogP contribution in [0.4, 0.5) is 5.69 Å². The first-order valence-corrected chi connectivity index (χ1v) is 5.67. The van der Waals surface area contributed by atoms with Crippen LogP contribution < -0.4 is 11.1 Å². The molecule has 90 valence electrons. The number of hydrogen-bond donors (Lipinski definition) is 2. The third-order valence-corrected chi connectivity index (χ3v) is 3.51. The van der Waals surface area contributed by atoms with Crippen molar-refractivity contribution in [1.29, 1.82) is 0 Å². The maximum atomic E-state index is 12.1. The topological polar surface area (TPSA) is 72.2 Å². The predicted molar refractivity (Wildman–Crippen MR) is 65.1 cm³/mol. The Hall–Kier alpha value is -1.84. The molecule has 0 aliphatic carbocycles. The van der Waals surface area contributed by atoms with Crippen LogP contribution in [0.2, 0.25) is 0 Å². The molecule has 0 aromatic heterocycles. The molecule has 1 atom stereocenters. The number of nitrogen functional groups attached to an aromatic ring is 1. The molecule has 0 spiro atoms. The fourth-order valence-electron chi connectivity index (χ4n) is 2.43. The molecule has 1 aromatic carbocycles. The minimum Gasteiger partial charge on any atom is -0.399 e. The summed E-state index contributed by atoms with van der Waals surface area (Å²) in [4.78, 5) is 23.5. The Bertz CT molecular complexity index is 465. The van der Waals surface area contributed by atoms with Crippen LogP contribution in [0.5, 0.6) is 0 Å². The zero-order chi connectivity index (χ0) is 12.6. The Labute approximate surface area is 100 Å². The molecule has 0 saturated carbocycles. The van der Waals surface area contributed by atoms with E-state index in [4.69, 9.17) is 5.73 Å². The van der Waals surface area contributed by atoms with Crippen LogP contribution in [0.15, 0.2) is 24.3 Å². The summed E-state index contributed by atoms with van der Waals surface area (Å²) < 4.78 is 0. The molecule has 2 rings (SSSR count). The van der Waals surface area contributed by atoms with Gasteiger partial charge in [-0.2, -0.15) is 0 Å². The number of anilines is 1. The van der Waals surface area contributed by atoms with Crippen LogP contribution >= 0.6 is 0 Å². The van der Waals surface area contributed by atoms with E-state index in [0.717, 1.165) is 5.56 Å². The average molecular weight is 232 g/mol. The maximum Gasteiger partial charge on any atom is 0.237 e. The zero-order valence-electron chi connectivity index (χ0n) is 9.99. The van der Waals surface area contributed by atoms with Crippen LogP contribution in [0, 0.1) is 5.92 Å². The van der Waals surface area contributed by atoms with Crippen molar-refractivity contribution in [1.82, 2.24) is 5.32 Å². The Morgan fingerprint density at radius 2 is 1.82 bits per heavy atom. The molecule has 4 heteroatoms. The van der Waals surface area contributed by atoms with Gasteiger partial charge in [-0.3, -0.25) is 14.9 Å². The van der Waals surface area contributed by atoms with Gasteiger partial charge in [0.25, 0.3) is 0 Å². The van der Waals surface area contributed by atoms with E-state index in [0.29, 0.717) is 5.69 Å². The fourth-order valence-corrected chi connectivity index (χ4v) is 2.43. The fraction of sp³-hybridized carbons (Fsp3) is 0.385. The molecule has 0 bridgehead atoms. The summed E-state index contributed by atoms with van der Waals surface area (Å²) >= 11 is 0. The van der Waals surface area contributed by atoms with E-state index in [2.05, 4.69) is 5.32 Å². The number of carbonyl (C=O) groups excluding carboxylic acids is 2. The summed E-state index contributed by atoms with van der Waals surface area (Å²) in [5.41, 5.74) is 6.40. The van der Waals surface area contributed by atoms with E-state index in [1.54, 1.807) is 12.1 Å². The van der Waals surface area contributed by atoms with Crippen molar-refractivity contribution in [2.45, 2.75) is 25.7 Å². The Morgan fingerprint density at radius 1 is 1.24 bits per heavy atom. The highest BCUT2D eigenvalue weighted by atomic mass is 16.2. The van der Waals surface area contributed by atoms with E-state index in [1.165, 1.54) is 0 Å². The number of carbonyl (C=O) groups is 2. The number of amides is 2. The van der Waals surface area contributed by atoms with Crippen molar-refractivity contribution < 1.29 is 9.59 Å². The first-order valence-electron chi connectivity index (χ1n) is 5.67. The van der Waals surface area contributed by atoms with Crippen LogP contribution in [-0.4, -0.2) is 11.8 Å². The number of benzene rings is 1. The SMILES string of the molecule is CC(C)C1(c2ccc(N)cc2)CC(=O)NC1=O. The highest BCUT2D eigenvalue weighted by molar-refractivity contribution is 6.09. The number of imide groups is 1. The van der Waals surface area contributed by atoms with E-state index in [-0.39, 0.29) is 24.2 Å². The van der Waals surface area contributed by atoms with Crippen molar-refractivity contribution in [2.24, 2.45) is 5.92 Å². The van der Waals surface area contributed by atoms with Crippen molar-refractivity contribution in [3.63, 3.8) is 0 Å². The monoisotopic (exact) mass is 232 g/mol. The zero-order valence-corrected chi connectivity index (χ0v) is 9.99. The number of rotatable bonds is 2. The van der Waals surface area contributed by atoms with Gasteiger partial charge in [0, 0.05) is 12.1 Å². The molecule has 17 heavy (non-hydrogen) atoms. The van der Waals surface area contributed by atoms with Crippen LogP contribution in [0.3, 0.4) is 0 Å². The first kappa shape index (κ1) is 11.6. The number of nitrogens with one attached hydrogen (secondary N) is 1. The molecular formula is C13H16N2O2. The standard InChI is InChI=1S/C13H16N2O2/c1-8(2)13(7-11(16)15-12(13)17)9-3-5-10(14)6-4-9/h3-6,8H,7,14H2,1-2H3,(H,15,16,17). The maximum absolute atomic E-state index is 12.1. The minimum atomic E-state index is -0.745. The summed E-state index contributed by atoms with van der Waals surface area (Å²) in [6.07, 6.45) is 0.216. The third-order valence-electron chi connectivity index (χ3n) is 3.51. The lowest BCUT2D eigenvalue weighted by Gasteiger charge is -2.30. The van der Waals surface area contributed by atoms with Crippen LogP contribution in [0.1, 0.15) is 25.8 Å². The van der Waals surface area contributed by atoms with Gasteiger partial charge in [0.1, 0.15) is 0 Å². The predicted octanol–water partition coefficient (Wildman–Crippen LogP) is 1.21. The van der Waals surface area contributed by atoms with Crippen molar-refractivity contribution >= 4 is 17.5 Å². The molecule has 1 saturated heterocycles. The molecule has 0 radical (unpaired) electrons. The van der Waals surface area contributed by atoms with E-state index >= 15 is 0 Å². The molecule has 1 aromatic rings. The van der Waals surface area contributed by atoms with Crippen LogP contribution in [0.25, 0.3) is 0 Å². The second-order valence-corrected chi connectivity index (χ2v) is 4.80. The average Bonchev–Trinajstić information content (AvgIpc) is 2.56. The van der Waals surface area contributed by atoms with Gasteiger partial charge in [-0.25, -0.2) is 0 Å². The van der Waals surface area contributed by atoms with Gasteiger partial charge in [0.2, 0.25) is 11.8 Å². The van der Waals surface area contributed by atoms with Crippen molar-refractivity contribution in [2.75, 3.05) is 5.73 Å². The van der Waals surface area contributed by atoms with Crippen molar-refractivity contribution in [3.8, 4) is 0 Å². The second kappa shape index (κ2) is 3.87. The number of nitrogens with two attached hydrogens (primary N) is 1. The largest absolute Gasteiger partial charge is 0.399 e. The normalized spacial score (nSPS) is 24.2. The lowest BCUT2D eigenvalue weighted by Crippen LogP contribution is -2.40. The Morgan fingerprint density at radius 3 is 2.24 bits per heavy atom. The summed E-state index contributed by atoms with van der Waals surface area (Å²) in [6, 6.07) is 7.17. The van der Waals surface area contributed by atoms with Gasteiger partial charge in [-0.05, 0) is 23.6 Å². The van der Waals surface area contributed by atoms with Gasteiger partial charge in [-0.1, -0.05) is 26.0 Å². The van der Waals surface area contributed by atoms with E-state index < -0.39 is 5.41 Å². The lowest BCUT2D eigenvalue weighted by atomic mass is 9.70. The third kappa shape index (κ3) is 1.69. The molecule has 1 unspecified atom stereocenters. The Kier molecular flexibility index (Phi) is 2.65. The molecule has 4 nitrogen and oxygen atoms in total. The molecule has 1 fully saturated rings. The summed E-state index contributed by atoms with van der Waals surface area (Å²) in [5, 5.41) is 2.39. The van der Waals surface area contributed by atoms with E-state index in [1.807, 2.05) is 26.0 Å². The summed E-state index contributed by atoms with van der Waals surface area (Å²) in [5.74, 6) is -0.361. The van der Waals surface area contributed by atoms with Gasteiger partial charge in [0.05, 0.1) is 5.41 Å². The van der Waals surface area contributed by atoms with Gasteiger partial charge in [0.15, 0.2) is 0 Å². The molecule has 1 aliphatic rings. The summed E-state index contributed by atoms with van der Waals surface area (Å²) in [6.45, 7) is 3.91. The lowest BCUT2D eigenvalue weighted by molar-refractivity contribution is -0.127. The second-order valence-electron chi connectivity index (χ2n) is 4.80. The Balaban J connectivity index is 2.52. The molecule has 3 N–H and O–H groups in total. The highest BCUT2D eigenvalue weighted by Crippen LogP contribution is 2.39. The smallest absolute Gasteiger partial charge is 0.237 e. The summed E-state index contributed by atoms with van der Waals surface area (Å²) in [7, 11) is 0. The molecular weight excluding hydrogens is 216 g/mol. The molecule has 2 amide bonds. The van der Waals surface area contributed by atoms with Crippen molar-refractivity contribution in [3.05, 3.63) is 29.8 Å². The minimum absolute atomic E-state index is 0.0533. The van der Waals surface area contributed by atoms with Gasteiger partial charge in [-0.15, -0.1) is 0 Å². The molecule has 1 heterocycles. The number of hydrogen-bond acceptors (Lipinski definition) is 3. The molecule has 1 aliphatic heterocycles. The first-order chi connectivity index (χ1) is 7.96.